The van der Waals surface area contributed by atoms with Gasteiger partial charge in [0.05, 0.1) is 23.8 Å². The van der Waals surface area contributed by atoms with Crippen molar-refractivity contribution in [3.8, 4) is 33.9 Å². The highest BCUT2D eigenvalue weighted by atomic mass is 35.5. The summed E-state index contributed by atoms with van der Waals surface area (Å²) in [5.41, 5.74) is 2.13. The van der Waals surface area contributed by atoms with Crippen molar-refractivity contribution in [3.05, 3.63) is 52.7 Å². The van der Waals surface area contributed by atoms with Crippen molar-refractivity contribution >= 4 is 17.6 Å². The van der Waals surface area contributed by atoms with Crippen molar-refractivity contribution < 1.29 is 29.4 Å². The quantitative estimate of drug-likeness (QED) is 0.562. The van der Waals surface area contributed by atoms with E-state index in [1.807, 2.05) is 12.1 Å². The number of ether oxygens (including phenoxy) is 1. The third kappa shape index (κ3) is 3.97. The van der Waals surface area contributed by atoms with Gasteiger partial charge in [-0.05, 0) is 17.2 Å². The summed E-state index contributed by atoms with van der Waals surface area (Å²) < 4.78 is 10.4. The third-order valence-electron chi connectivity index (χ3n) is 4.96. The summed E-state index contributed by atoms with van der Waals surface area (Å²) >= 11 is 5.97. The Balaban J connectivity index is 1.72. The van der Waals surface area contributed by atoms with Crippen LogP contribution < -0.4 is 0 Å². The molecular formula is C21H19ClN2O6. The average Bonchev–Trinajstić information content (AvgIpc) is 3.17. The van der Waals surface area contributed by atoms with Gasteiger partial charge in [0.1, 0.15) is 17.2 Å². The molecule has 2 heterocycles. The number of nitrogens with zero attached hydrogens (tertiary/aromatic N) is 2. The van der Waals surface area contributed by atoms with Crippen LogP contribution in [0.3, 0.4) is 0 Å². The molecule has 3 N–H and O–H groups in total. The molecule has 156 valence electrons. The fraction of sp³-hybridized carbons (Fsp3) is 0.238. The Hall–Kier alpha value is -3.07. The van der Waals surface area contributed by atoms with Crippen molar-refractivity contribution in [2.45, 2.75) is 6.54 Å². The minimum Gasteiger partial charge on any atom is -0.507 e. The minimum absolute atomic E-state index is 0.00511. The molecule has 0 bridgehead atoms. The van der Waals surface area contributed by atoms with Gasteiger partial charge in [-0.1, -0.05) is 41.0 Å². The van der Waals surface area contributed by atoms with E-state index in [4.69, 9.17) is 20.9 Å². The molecule has 4 rings (SSSR count). The van der Waals surface area contributed by atoms with E-state index in [-0.39, 0.29) is 39.1 Å². The van der Waals surface area contributed by atoms with Crippen LogP contribution in [-0.2, 0) is 11.3 Å². The normalized spacial score (nSPS) is 14.7. The van der Waals surface area contributed by atoms with Gasteiger partial charge in [-0.3, -0.25) is 4.90 Å². The number of hydrogen-bond acceptors (Lipinski definition) is 7. The summed E-state index contributed by atoms with van der Waals surface area (Å²) in [5, 5.41) is 33.3. The van der Waals surface area contributed by atoms with Gasteiger partial charge in [0.15, 0.2) is 0 Å². The SMILES string of the molecule is O=C(O)c1onc(-c2cc(Cl)c(O)cc2O)c1-c1ccc(CN2CCOCC2)cc1. The van der Waals surface area contributed by atoms with E-state index < -0.39 is 5.97 Å². The number of benzene rings is 2. The highest BCUT2D eigenvalue weighted by molar-refractivity contribution is 6.32. The van der Waals surface area contributed by atoms with Crippen LogP contribution in [0.2, 0.25) is 5.02 Å². The molecule has 3 aromatic rings. The number of phenols is 2. The van der Waals surface area contributed by atoms with E-state index in [0.29, 0.717) is 18.8 Å². The third-order valence-corrected chi connectivity index (χ3v) is 5.26. The van der Waals surface area contributed by atoms with Crippen molar-refractivity contribution in [1.29, 1.82) is 0 Å². The van der Waals surface area contributed by atoms with Gasteiger partial charge in [-0.25, -0.2) is 4.79 Å². The number of aromatic hydroxyl groups is 2. The molecule has 1 aromatic heterocycles. The monoisotopic (exact) mass is 430 g/mol. The molecule has 1 aliphatic rings. The lowest BCUT2D eigenvalue weighted by Gasteiger charge is -2.26. The van der Waals surface area contributed by atoms with Crippen LogP contribution in [-0.4, -0.2) is 57.6 Å². The number of phenolic OH excluding ortho intramolecular Hbond substituents is 2. The first kappa shape index (κ1) is 20.2. The standard InChI is InChI=1S/C21H19ClN2O6/c22-15-9-14(16(25)10-17(15)26)19-18(20(21(27)28)30-23-19)13-3-1-12(2-4-13)11-24-5-7-29-8-6-24/h1-4,9-10,25-26H,5-8,11H2,(H,27,28). The van der Waals surface area contributed by atoms with Gasteiger partial charge >= 0.3 is 5.97 Å². The van der Waals surface area contributed by atoms with E-state index in [9.17, 15) is 20.1 Å². The molecule has 1 saturated heterocycles. The smallest absolute Gasteiger partial charge is 0.375 e. The van der Waals surface area contributed by atoms with Gasteiger partial charge in [-0.15, -0.1) is 0 Å². The molecule has 0 spiro atoms. The van der Waals surface area contributed by atoms with E-state index in [1.165, 1.54) is 6.07 Å². The maximum Gasteiger partial charge on any atom is 0.375 e. The Morgan fingerprint density at radius 1 is 1.10 bits per heavy atom. The lowest BCUT2D eigenvalue weighted by Crippen LogP contribution is -2.35. The zero-order chi connectivity index (χ0) is 21.3. The fourth-order valence-corrected chi connectivity index (χ4v) is 3.59. The van der Waals surface area contributed by atoms with Gasteiger partial charge in [-0.2, -0.15) is 0 Å². The highest BCUT2D eigenvalue weighted by Crippen LogP contribution is 2.42. The number of aromatic carboxylic acids is 1. The molecule has 0 amide bonds. The maximum atomic E-state index is 11.7. The molecule has 0 saturated carbocycles. The first-order chi connectivity index (χ1) is 14.4. The van der Waals surface area contributed by atoms with Crippen LogP contribution >= 0.6 is 11.6 Å². The number of hydrogen-bond donors (Lipinski definition) is 3. The number of carbonyl (C=O) groups is 1. The Morgan fingerprint density at radius 3 is 2.47 bits per heavy atom. The Labute approximate surface area is 176 Å². The van der Waals surface area contributed by atoms with Crippen molar-refractivity contribution in [2.24, 2.45) is 0 Å². The van der Waals surface area contributed by atoms with Crippen molar-refractivity contribution in [1.82, 2.24) is 10.1 Å². The lowest BCUT2D eigenvalue weighted by molar-refractivity contribution is 0.0342. The molecule has 2 aromatic carbocycles. The fourth-order valence-electron chi connectivity index (χ4n) is 3.42. The number of halogens is 1. The van der Waals surface area contributed by atoms with Crippen LogP contribution in [0, 0.1) is 0 Å². The molecule has 0 atom stereocenters. The molecule has 0 aliphatic carbocycles. The molecule has 1 fully saturated rings. The van der Waals surface area contributed by atoms with E-state index in [0.717, 1.165) is 31.3 Å². The molecule has 8 nitrogen and oxygen atoms in total. The average molecular weight is 431 g/mol. The predicted molar refractivity (Wildman–Crippen MR) is 109 cm³/mol. The second-order valence-corrected chi connectivity index (χ2v) is 7.35. The summed E-state index contributed by atoms with van der Waals surface area (Å²) in [4.78, 5) is 14.0. The largest absolute Gasteiger partial charge is 0.507 e. The van der Waals surface area contributed by atoms with Gasteiger partial charge in [0.2, 0.25) is 0 Å². The predicted octanol–water partition coefficient (Wildman–Crippen LogP) is 3.60. The van der Waals surface area contributed by atoms with Crippen LogP contribution in [0.5, 0.6) is 11.5 Å². The number of aromatic nitrogens is 1. The first-order valence-electron chi connectivity index (χ1n) is 9.28. The van der Waals surface area contributed by atoms with Crippen LogP contribution in [0.15, 0.2) is 40.9 Å². The molecular weight excluding hydrogens is 412 g/mol. The molecule has 9 heteroatoms. The van der Waals surface area contributed by atoms with Crippen LogP contribution in [0.1, 0.15) is 16.1 Å². The topological polar surface area (TPSA) is 116 Å². The summed E-state index contributed by atoms with van der Waals surface area (Å²) in [6.07, 6.45) is 0. The van der Waals surface area contributed by atoms with E-state index >= 15 is 0 Å². The number of morpholine rings is 1. The number of rotatable bonds is 5. The second-order valence-electron chi connectivity index (χ2n) is 6.95. The number of carboxylic acids is 1. The van der Waals surface area contributed by atoms with Crippen LogP contribution in [0.4, 0.5) is 0 Å². The summed E-state index contributed by atoms with van der Waals surface area (Å²) in [7, 11) is 0. The van der Waals surface area contributed by atoms with E-state index in [2.05, 4.69) is 10.1 Å². The first-order valence-corrected chi connectivity index (χ1v) is 9.66. The van der Waals surface area contributed by atoms with Crippen molar-refractivity contribution in [2.75, 3.05) is 26.3 Å². The van der Waals surface area contributed by atoms with Crippen molar-refractivity contribution in [3.63, 3.8) is 0 Å². The van der Waals surface area contributed by atoms with Crippen LogP contribution in [0.25, 0.3) is 22.4 Å². The van der Waals surface area contributed by atoms with E-state index in [1.54, 1.807) is 12.1 Å². The summed E-state index contributed by atoms with van der Waals surface area (Å²) in [6, 6.07) is 9.79. The van der Waals surface area contributed by atoms with Gasteiger partial charge < -0.3 is 24.6 Å². The molecule has 1 aliphatic heterocycles. The van der Waals surface area contributed by atoms with Gasteiger partial charge in [0.25, 0.3) is 5.76 Å². The maximum absolute atomic E-state index is 11.7. The zero-order valence-corrected chi connectivity index (χ0v) is 16.6. The molecule has 0 radical (unpaired) electrons. The second kappa shape index (κ2) is 8.35. The van der Waals surface area contributed by atoms with Gasteiger partial charge in [0, 0.05) is 31.3 Å². The lowest BCUT2D eigenvalue weighted by atomic mass is 9.97. The number of carboxylic acid groups (broad SMARTS) is 1. The Morgan fingerprint density at radius 2 is 1.80 bits per heavy atom. The summed E-state index contributed by atoms with van der Waals surface area (Å²) in [6.45, 7) is 3.91. The Bertz CT molecular complexity index is 1070. The molecule has 30 heavy (non-hydrogen) atoms. The summed E-state index contributed by atoms with van der Waals surface area (Å²) in [5.74, 6) is -2.23. The zero-order valence-electron chi connectivity index (χ0n) is 15.8. The molecule has 0 unspecified atom stereocenters. The minimum atomic E-state index is -1.29. The Kier molecular flexibility index (Phi) is 5.63. The highest BCUT2D eigenvalue weighted by Gasteiger charge is 2.26.